The van der Waals surface area contributed by atoms with Crippen LogP contribution in [0.25, 0.3) is 0 Å². The van der Waals surface area contributed by atoms with E-state index >= 15 is 0 Å². The lowest BCUT2D eigenvalue weighted by molar-refractivity contribution is 0.115. The molecule has 1 fully saturated rings. The Labute approximate surface area is 97.3 Å². The molecule has 16 heavy (non-hydrogen) atoms. The second kappa shape index (κ2) is 4.88. The van der Waals surface area contributed by atoms with Crippen LogP contribution in [0.4, 0.5) is 0 Å². The van der Waals surface area contributed by atoms with Gasteiger partial charge in [0.05, 0.1) is 12.2 Å². The zero-order valence-electron chi connectivity index (χ0n) is 10.0. The molecule has 0 amide bonds. The van der Waals surface area contributed by atoms with Gasteiger partial charge in [-0.05, 0) is 36.5 Å². The van der Waals surface area contributed by atoms with Crippen molar-refractivity contribution in [2.45, 2.75) is 45.3 Å². The molecule has 0 aromatic heterocycles. The van der Waals surface area contributed by atoms with E-state index in [0.717, 1.165) is 17.7 Å². The highest BCUT2D eigenvalue weighted by atomic mass is 16.5. The summed E-state index contributed by atoms with van der Waals surface area (Å²) in [7, 11) is 0. The standard InChI is InChI=1S/C14H20O2/c1-3-10(2)14(15)11-4-6-12(7-5-11)16-13-8-9-13/h4-7,10,13-15H,3,8-9H2,1-2H3/t10-,14+/m1/s1. The van der Waals surface area contributed by atoms with E-state index in [1.165, 1.54) is 12.8 Å². The highest BCUT2D eigenvalue weighted by Crippen LogP contribution is 2.29. The van der Waals surface area contributed by atoms with Gasteiger partial charge in [-0.15, -0.1) is 0 Å². The molecule has 1 aromatic rings. The van der Waals surface area contributed by atoms with E-state index in [1.807, 2.05) is 24.3 Å². The van der Waals surface area contributed by atoms with Crippen molar-refractivity contribution in [2.75, 3.05) is 0 Å². The van der Waals surface area contributed by atoms with Crippen LogP contribution in [0, 0.1) is 5.92 Å². The SMILES string of the molecule is CC[C@@H](C)[C@H](O)c1ccc(OC2CC2)cc1. The lowest BCUT2D eigenvalue weighted by Crippen LogP contribution is -2.08. The summed E-state index contributed by atoms with van der Waals surface area (Å²) in [4.78, 5) is 0. The molecule has 0 saturated heterocycles. The Bertz CT molecular complexity index is 327. The van der Waals surface area contributed by atoms with Crippen LogP contribution in [0.1, 0.15) is 44.8 Å². The van der Waals surface area contributed by atoms with Crippen LogP contribution in [-0.2, 0) is 0 Å². The smallest absolute Gasteiger partial charge is 0.119 e. The third-order valence-electron chi connectivity index (χ3n) is 3.23. The normalized spacial score (nSPS) is 19.2. The molecule has 1 N–H and O–H groups in total. The van der Waals surface area contributed by atoms with Gasteiger partial charge < -0.3 is 9.84 Å². The Hall–Kier alpha value is -1.02. The van der Waals surface area contributed by atoms with E-state index in [-0.39, 0.29) is 6.10 Å². The molecule has 1 saturated carbocycles. The van der Waals surface area contributed by atoms with Gasteiger partial charge in [0.2, 0.25) is 0 Å². The van der Waals surface area contributed by atoms with E-state index in [4.69, 9.17) is 4.74 Å². The number of aliphatic hydroxyl groups excluding tert-OH is 1. The molecule has 1 aliphatic rings. The number of ether oxygens (including phenoxy) is 1. The molecular formula is C14H20O2. The van der Waals surface area contributed by atoms with Crippen LogP contribution < -0.4 is 4.74 Å². The van der Waals surface area contributed by atoms with Crippen molar-refractivity contribution in [3.8, 4) is 5.75 Å². The molecule has 88 valence electrons. The van der Waals surface area contributed by atoms with Crippen LogP contribution in [-0.4, -0.2) is 11.2 Å². The molecule has 1 aromatic carbocycles. The zero-order valence-corrected chi connectivity index (χ0v) is 10.0. The first kappa shape index (κ1) is 11.5. The second-order valence-electron chi connectivity index (χ2n) is 4.72. The minimum absolute atomic E-state index is 0.301. The Kier molecular flexibility index (Phi) is 3.49. The molecule has 2 atom stereocenters. The Balaban J connectivity index is 1.99. The molecule has 0 heterocycles. The molecule has 0 unspecified atom stereocenters. The van der Waals surface area contributed by atoms with Gasteiger partial charge >= 0.3 is 0 Å². The van der Waals surface area contributed by atoms with Gasteiger partial charge in [-0.2, -0.15) is 0 Å². The number of hydrogen-bond acceptors (Lipinski definition) is 2. The fraction of sp³-hybridized carbons (Fsp3) is 0.571. The molecule has 2 nitrogen and oxygen atoms in total. The first-order valence-electron chi connectivity index (χ1n) is 6.15. The summed E-state index contributed by atoms with van der Waals surface area (Å²) in [5.41, 5.74) is 0.984. The lowest BCUT2D eigenvalue weighted by atomic mass is 9.95. The van der Waals surface area contributed by atoms with Gasteiger partial charge in [0.25, 0.3) is 0 Å². The van der Waals surface area contributed by atoms with Crippen molar-refractivity contribution >= 4 is 0 Å². The van der Waals surface area contributed by atoms with E-state index in [2.05, 4.69) is 13.8 Å². The number of rotatable bonds is 5. The van der Waals surface area contributed by atoms with Crippen molar-refractivity contribution in [3.05, 3.63) is 29.8 Å². The van der Waals surface area contributed by atoms with Crippen molar-refractivity contribution in [2.24, 2.45) is 5.92 Å². The van der Waals surface area contributed by atoms with E-state index in [1.54, 1.807) is 0 Å². The Morgan fingerprint density at radius 2 is 1.94 bits per heavy atom. The molecule has 0 radical (unpaired) electrons. The average Bonchev–Trinajstić information content (AvgIpc) is 3.12. The summed E-state index contributed by atoms with van der Waals surface area (Å²) in [6, 6.07) is 7.85. The predicted octanol–water partition coefficient (Wildman–Crippen LogP) is 3.31. The maximum Gasteiger partial charge on any atom is 0.119 e. The summed E-state index contributed by atoms with van der Waals surface area (Å²) >= 11 is 0. The third-order valence-corrected chi connectivity index (χ3v) is 3.23. The fourth-order valence-corrected chi connectivity index (χ4v) is 1.67. The number of aliphatic hydroxyl groups is 1. The van der Waals surface area contributed by atoms with Crippen LogP contribution in [0.2, 0.25) is 0 Å². The van der Waals surface area contributed by atoms with E-state index in [9.17, 15) is 5.11 Å². The monoisotopic (exact) mass is 220 g/mol. The topological polar surface area (TPSA) is 29.5 Å². The molecule has 0 aliphatic heterocycles. The van der Waals surface area contributed by atoms with Gasteiger partial charge in [-0.3, -0.25) is 0 Å². The molecule has 0 bridgehead atoms. The first-order chi connectivity index (χ1) is 7.70. The largest absolute Gasteiger partial charge is 0.490 e. The number of benzene rings is 1. The summed E-state index contributed by atoms with van der Waals surface area (Å²) in [6.07, 6.45) is 3.42. The van der Waals surface area contributed by atoms with E-state index < -0.39 is 0 Å². The molecule has 2 heteroatoms. The lowest BCUT2D eigenvalue weighted by Gasteiger charge is -2.17. The second-order valence-corrected chi connectivity index (χ2v) is 4.72. The van der Waals surface area contributed by atoms with Crippen LogP contribution in [0.5, 0.6) is 5.75 Å². The minimum Gasteiger partial charge on any atom is -0.490 e. The van der Waals surface area contributed by atoms with Crippen molar-refractivity contribution in [1.82, 2.24) is 0 Å². The fourth-order valence-electron chi connectivity index (χ4n) is 1.67. The average molecular weight is 220 g/mol. The maximum atomic E-state index is 10.0. The molecule has 2 rings (SSSR count). The highest BCUT2D eigenvalue weighted by molar-refractivity contribution is 5.29. The van der Waals surface area contributed by atoms with Crippen molar-refractivity contribution < 1.29 is 9.84 Å². The molecule has 0 spiro atoms. The Morgan fingerprint density at radius 3 is 2.44 bits per heavy atom. The van der Waals surface area contributed by atoms with Gasteiger partial charge in [-0.1, -0.05) is 32.4 Å². The Morgan fingerprint density at radius 1 is 1.31 bits per heavy atom. The first-order valence-corrected chi connectivity index (χ1v) is 6.15. The van der Waals surface area contributed by atoms with Crippen LogP contribution in [0.15, 0.2) is 24.3 Å². The highest BCUT2D eigenvalue weighted by Gasteiger charge is 2.23. The quantitative estimate of drug-likeness (QED) is 0.825. The molecular weight excluding hydrogens is 200 g/mol. The molecule has 1 aliphatic carbocycles. The summed E-state index contributed by atoms with van der Waals surface area (Å²) in [5.74, 6) is 1.22. The van der Waals surface area contributed by atoms with Gasteiger partial charge in [0, 0.05) is 0 Å². The van der Waals surface area contributed by atoms with Gasteiger partial charge in [0.1, 0.15) is 5.75 Å². The summed E-state index contributed by atoms with van der Waals surface area (Å²) in [5, 5.41) is 10.0. The predicted molar refractivity (Wildman–Crippen MR) is 64.5 cm³/mol. The minimum atomic E-state index is -0.361. The van der Waals surface area contributed by atoms with Crippen LogP contribution in [0.3, 0.4) is 0 Å². The van der Waals surface area contributed by atoms with Crippen LogP contribution >= 0.6 is 0 Å². The number of hydrogen-bond donors (Lipinski definition) is 1. The summed E-state index contributed by atoms with van der Waals surface area (Å²) in [6.45, 7) is 4.16. The third kappa shape index (κ3) is 2.76. The van der Waals surface area contributed by atoms with Crippen molar-refractivity contribution in [3.63, 3.8) is 0 Å². The maximum absolute atomic E-state index is 10.0. The van der Waals surface area contributed by atoms with Crippen molar-refractivity contribution in [1.29, 1.82) is 0 Å². The van der Waals surface area contributed by atoms with Gasteiger partial charge in [0.15, 0.2) is 0 Å². The zero-order chi connectivity index (χ0) is 11.5. The van der Waals surface area contributed by atoms with E-state index in [0.29, 0.717) is 12.0 Å². The summed E-state index contributed by atoms with van der Waals surface area (Å²) < 4.78 is 5.67. The van der Waals surface area contributed by atoms with Gasteiger partial charge in [-0.25, -0.2) is 0 Å².